The van der Waals surface area contributed by atoms with E-state index in [0.717, 1.165) is 43.0 Å². The molecule has 3 aromatic heterocycles. The molecule has 0 unspecified atom stereocenters. The monoisotopic (exact) mass is 1300 g/mol. The first-order valence-corrected chi connectivity index (χ1v) is 36.7. The molecule has 2 aliphatic rings. The molecule has 2 fully saturated rings. The molecule has 22 heteroatoms. The van der Waals surface area contributed by atoms with Crippen LogP contribution in [0.25, 0.3) is 0 Å². The third-order valence-electron chi connectivity index (χ3n) is 16.4. The molecule has 5 rings (SSSR count). The third-order valence-corrected chi connectivity index (χ3v) is 39.8. The molecule has 455 valence electrons. The van der Waals surface area contributed by atoms with Crippen LogP contribution in [0.4, 0.5) is 4.39 Å². The van der Waals surface area contributed by atoms with E-state index in [1.807, 2.05) is 41.5 Å². The van der Waals surface area contributed by atoms with Crippen LogP contribution in [0, 0.1) is 20.8 Å². The Hall–Kier alpha value is -0.689. The molecule has 1 N–H and O–H groups in total. The van der Waals surface area contributed by atoms with Gasteiger partial charge < -0.3 is 46.1 Å². The summed E-state index contributed by atoms with van der Waals surface area (Å²) >= 11 is 13.4. The molecule has 1 radical (unpaired) electrons. The summed E-state index contributed by atoms with van der Waals surface area (Å²) in [5.74, 6) is 2.01. The molecular weight excluding hydrogens is 1190 g/mol. The highest BCUT2D eigenvalue weighted by Crippen LogP contribution is 2.46. The fraction of sp³-hybridized carbons (Fsp3) is 0.839. The maximum atomic E-state index is 9.96. The van der Waals surface area contributed by atoms with Crippen LogP contribution >= 0.6 is 42.9 Å². The standard InChI is InChI=1S/C20H38BNO4Si.C14H26BrNO2Si.C9H21ClSi.C6H12BO2.C5H6BrNO2.CH3F.CH4/c1-13(2)27(14(3)4,15(5)6)23-12-17-18(16(7)22-24-17)21-25-19(8,9)20(10,11)26-21;1-9(2)19(10(3)4,11(5)6)17-8-13-14(15)12(7)16-18-13;1-7(2)11(10,8(3)4)9(5)6;1-5(2)6(3,4)9-7-8-5;1-3-5(6)4(2-8)9-7-3;1-2;/h13-15H,12H2,1-11H3;9-11H,8H2,1-7H3;7-9H,1-6H3;1-4H3;8H,2H2,1H3;1H3;1H4/i;;;;;1D;. The Morgan fingerprint density at radius 2 is 0.833 bits per heavy atom. The number of aliphatic hydroxyl groups excluding tert-OH is 1. The summed E-state index contributed by atoms with van der Waals surface area (Å²) in [5.41, 5.74) is 7.50. The Morgan fingerprint density at radius 1 is 0.551 bits per heavy atom. The van der Waals surface area contributed by atoms with Gasteiger partial charge in [-0.1, -0.05) is 148 Å². The number of aryl methyl sites for hydroxylation is 3. The quantitative estimate of drug-likeness (QED) is 0.101. The highest BCUT2D eigenvalue weighted by molar-refractivity contribution is 9.10. The average Bonchev–Trinajstić information content (AvgIpc) is 4.06. The maximum absolute atomic E-state index is 9.96. The van der Waals surface area contributed by atoms with Gasteiger partial charge in [-0.15, -0.1) is 0 Å². The Morgan fingerprint density at radius 3 is 1.05 bits per heavy atom. The van der Waals surface area contributed by atoms with Crippen LogP contribution in [0.3, 0.4) is 0 Å². The van der Waals surface area contributed by atoms with Crippen molar-refractivity contribution >= 4 is 87.2 Å². The zero-order valence-electron chi connectivity index (χ0n) is 54.2. The molecule has 0 atom stereocenters. The molecule has 0 amide bonds. The van der Waals surface area contributed by atoms with E-state index in [1.54, 1.807) is 6.92 Å². The summed E-state index contributed by atoms with van der Waals surface area (Å²) in [5, 5.41) is 20.3. The first kappa shape index (κ1) is 77.3. The first-order chi connectivity index (χ1) is 35.4. The van der Waals surface area contributed by atoms with Crippen molar-refractivity contribution in [3.63, 3.8) is 0 Å². The van der Waals surface area contributed by atoms with Crippen LogP contribution in [0.5, 0.6) is 0 Å². The smallest absolute Gasteiger partial charge is 0.408 e. The van der Waals surface area contributed by atoms with Gasteiger partial charge in [0, 0.05) is 0 Å². The summed E-state index contributed by atoms with van der Waals surface area (Å²) < 4.78 is 69.0. The van der Waals surface area contributed by atoms with E-state index in [9.17, 15) is 4.39 Å². The minimum Gasteiger partial charge on any atom is -0.408 e. The number of alkyl halides is 1. The lowest BCUT2D eigenvalue weighted by molar-refractivity contribution is 0.00578. The normalized spacial score (nSPS) is 16.8. The zero-order chi connectivity index (χ0) is 61.5. The molecule has 3 aromatic rings. The van der Waals surface area contributed by atoms with E-state index >= 15 is 0 Å². The van der Waals surface area contributed by atoms with Crippen molar-refractivity contribution in [2.75, 3.05) is 7.15 Å². The van der Waals surface area contributed by atoms with Gasteiger partial charge in [0.25, 0.3) is 0 Å². The van der Waals surface area contributed by atoms with Gasteiger partial charge in [0.15, 0.2) is 24.7 Å². The fourth-order valence-electron chi connectivity index (χ4n) is 10.7. The van der Waals surface area contributed by atoms with E-state index in [1.165, 1.54) is 7.69 Å². The van der Waals surface area contributed by atoms with Gasteiger partial charge in [0.05, 0.1) is 75.6 Å². The second kappa shape index (κ2) is 33.1. The molecule has 13 nitrogen and oxygen atoms in total. The Bertz CT molecular complexity index is 2100. The van der Waals surface area contributed by atoms with E-state index in [4.69, 9.17) is 58.6 Å². The lowest BCUT2D eigenvalue weighted by Gasteiger charge is -2.41. The van der Waals surface area contributed by atoms with Crippen molar-refractivity contribution in [2.45, 2.75) is 300 Å². The Kier molecular flexibility index (Phi) is 32.8. The minimum atomic E-state index is -1.99. The van der Waals surface area contributed by atoms with Crippen LogP contribution in [-0.2, 0) is 47.3 Å². The molecule has 5 heterocycles. The van der Waals surface area contributed by atoms with Crippen molar-refractivity contribution in [3.05, 3.63) is 43.3 Å². The van der Waals surface area contributed by atoms with Crippen molar-refractivity contribution < 1.29 is 51.9 Å². The molecule has 0 bridgehead atoms. The molecule has 0 aliphatic carbocycles. The van der Waals surface area contributed by atoms with Crippen LogP contribution < -0.4 is 5.46 Å². The number of aliphatic hydroxyl groups is 1. The summed E-state index contributed by atoms with van der Waals surface area (Å²) in [7, 11) is -5.39. The largest absolute Gasteiger partial charge is 0.500 e. The zero-order valence-corrected chi connectivity index (χ0v) is 60.1. The van der Waals surface area contributed by atoms with E-state index in [0.29, 0.717) is 68.8 Å². The number of aromatic nitrogens is 3. The molecule has 2 aliphatic heterocycles. The number of hydrogen-bond donors (Lipinski definition) is 1. The van der Waals surface area contributed by atoms with Gasteiger partial charge >= 0.3 is 14.8 Å². The second-order valence-electron chi connectivity index (χ2n) is 25.2. The first-order valence-electron chi connectivity index (χ1n) is 28.3. The molecule has 2 saturated heterocycles. The second-order valence-corrected chi connectivity index (χ2v) is 44.8. The van der Waals surface area contributed by atoms with Crippen molar-refractivity contribution in [1.29, 1.82) is 0 Å². The van der Waals surface area contributed by atoms with Crippen LogP contribution in [0.15, 0.2) is 22.5 Å². The lowest BCUT2D eigenvalue weighted by Crippen LogP contribution is -2.48. The molecule has 78 heavy (non-hydrogen) atoms. The van der Waals surface area contributed by atoms with Crippen molar-refractivity contribution in [3.8, 4) is 0 Å². The Labute approximate surface area is 502 Å². The number of rotatable bonds is 17. The summed E-state index contributed by atoms with van der Waals surface area (Å²) in [6, 6.07) is 0. The predicted molar refractivity (Wildman–Crippen MR) is 339 cm³/mol. The highest BCUT2D eigenvalue weighted by atomic mass is 79.9. The molecule has 0 spiro atoms. The molecule has 0 saturated carbocycles. The van der Waals surface area contributed by atoms with E-state index in [2.05, 4.69) is 200 Å². The minimum absolute atomic E-state index is 0. The van der Waals surface area contributed by atoms with Gasteiger partial charge in [0.2, 0.25) is 16.6 Å². The van der Waals surface area contributed by atoms with Gasteiger partial charge in [0.1, 0.15) is 6.61 Å². The Balaban J connectivity index is 0. The molecule has 0 aromatic carbocycles. The predicted octanol–water partition coefficient (Wildman–Crippen LogP) is 18.4. The van der Waals surface area contributed by atoms with Gasteiger partial charge in [-0.2, -0.15) is 11.1 Å². The van der Waals surface area contributed by atoms with E-state index < -0.39 is 49.5 Å². The molecular formula is C56H110B2Br2ClFN3O10Si3. The maximum Gasteiger partial charge on any atom is 0.500 e. The summed E-state index contributed by atoms with van der Waals surface area (Å²) in [4.78, 5) is 0. The summed E-state index contributed by atoms with van der Waals surface area (Å²) in [6.45, 7) is 63.7. The van der Waals surface area contributed by atoms with Gasteiger partial charge in [-0.25, -0.2) is 0 Å². The van der Waals surface area contributed by atoms with Crippen LogP contribution in [-0.4, -0.2) is 89.0 Å². The van der Waals surface area contributed by atoms with Crippen molar-refractivity contribution in [2.24, 2.45) is 0 Å². The fourth-order valence-corrected chi connectivity index (χ4v) is 26.0. The number of nitrogens with zero attached hydrogens (tertiary/aromatic N) is 3. The van der Waals surface area contributed by atoms with Gasteiger partial charge in [-0.3, -0.25) is 4.39 Å². The average molecular weight is 1310 g/mol. The van der Waals surface area contributed by atoms with Crippen molar-refractivity contribution in [1.82, 2.24) is 15.5 Å². The third kappa shape index (κ3) is 19.4. The topological polar surface area (TPSA) is 154 Å². The lowest BCUT2D eigenvalue weighted by atomic mass is 9.77. The summed E-state index contributed by atoms with van der Waals surface area (Å²) in [6.07, 6.45) is 0. The SMILES string of the molecule is C.CC(C)[Si](Cl)(C(C)C)C(C)C.CC1(C)O[B]OC1(C)C.Cc1noc(CO)c1Br.Cc1noc(CO[Si](C(C)C)(C(C)C)C(C)C)c1B1OC(C)(C)C(C)(C)O1.Cc1noc(CO[Si](C(C)C)(C(C)C)C(C)C)c1Br.[2H]CF. The van der Waals surface area contributed by atoms with Crippen LogP contribution in [0.1, 0.15) is 223 Å². The van der Waals surface area contributed by atoms with Gasteiger partial charge in [-0.05, 0) is 158 Å². The number of halogens is 4. The highest BCUT2D eigenvalue weighted by Gasteiger charge is 2.54. The van der Waals surface area contributed by atoms with Crippen LogP contribution in [0.2, 0.25) is 49.9 Å². The van der Waals surface area contributed by atoms with E-state index in [-0.39, 0.29) is 25.2 Å². The number of hydrogen-bond acceptors (Lipinski definition) is 13.